The summed E-state index contributed by atoms with van der Waals surface area (Å²) < 4.78 is 16.4. The number of anilines is 1. The smallest absolute Gasteiger partial charge is 0.338 e. The second-order valence-corrected chi connectivity index (χ2v) is 6.96. The van der Waals surface area contributed by atoms with Crippen LogP contribution in [-0.4, -0.2) is 37.3 Å². The number of hydrogen-bond acceptors (Lipinski definition) is 5. The van der Waals surface area contributed by atoms with Crippen molar-refractivity contribution in [3.63, 3.8) is 0 Å². The zero-order valence-electron chi connectivity index (χ0n) is 16.1. The minimum absolute atomic E-state index is 0.156. The van der Waals surface area contributed by atoms with Crippen molar-refractivity contribution in [1.82, 2.24) is 0 Å². The molecule has 148 valence electrons. The normalized spacial score (nSPS) is 16.0. The van der Waals surface area contributed by atoms with Gasteiger partial charge in [-0.2, -0.15) is 0 Å². The molecule has 6 heteroatoms. The molecule has 1 aliphatic heterocycles. The molecule has 3 rings (SSSR count). The monoisotopic (exact) mass is 383 g/mol. The molecule has 28 heavy (non-hydrogen) atoms. The van der Waals surface area contributed by atoms with E-state index in [2.05, 4.69) is 5.32 Å². The molecule has 1 heterocycles. The van der Waals surface area contributed by atoms with Crippen molar-refractivity contribution < 1.29 is 23.8 Å². The van der Waals surface area contributed by atoms with Crippen molar-refractivity contribution in [2.24, 2.45) is 0 Å². The second-order valence-electron chi connectivity index (χ2n) is 6.96. The molecule has 1 fully saturated rings. The van der Waals surface area contributed by atoms with Gasteiger partial charge in [-0.25, -0.2) is 4.79 Å². The van der Waals surface area contributed by atoms with E-state index in [1.807, 2.05) is 0 Å². The fraction of sp³-hybridized carbons (Fsp3) is 0.364. The van der Waals surface area contributed by atoms with Gasteiger partial charge in [0.15, 0.2) is 0 Å². The maximum atomic E-state index is 12.4. The van der Waals surface area contributed by atoms with Gasteiger partial charge in [0.25, 0.3) is 5.91 Å². The van der Waals surface area contributed by atoms with Gasteiger partial charge in [-0.05, 0) is 75.2 Å². The molecule has 1 saturated heterocycles. The minimum atomic E-state index is -0.383. The summed E-state index contributed by atoms with van der Waals surface area (Å²) in [5.41, 5.74) is 1.57. The summed E-state index contributed by atoms with van der Waals surface area (Å²) in [5, 5.41) is 2.81. The Balaban J connectivity index is 1.53. The summed E-state index contributed by atoms with van der Waals surface area (Å²) in [7, 11) is 0. The van der Waals surface area contributed by atoms with E-state index in [9.17, 15) is 9.59 Å². The zero-order chi connectivity index (χ0) is 19.9. The molecule has 0 aromatic heterocycles. The number of benzene rings is 2. The molecule has 0 bridgehead atoms. The summed E-state index contributed by atoms with van der Waals surface area (Å²) in [6.45, 7) is 4.92. The molecule has 0 radical (unpaired) electrons. The molecule has 0 saturated carbocycles. The Morgan fingerprint density at radius 2 is 1.75 bits per heavy atom. The lowest BCUT2D eigenvalue weighted by Crippen LogP contribution is -2.16. The maximum Gasteiger partial charge on any atom is 0.338 e. The first-order valence-electron chi connectivity index (χ1n) is 9.48. The van der Waals surface area contributed by atoms with Crippen LogP contribution in [0.1, 0.15) is 47.4 Å². The zero-order valence-corrected chi connectivity index (χ0v) is 16.1. The van der Waals surface area contributed by atoms with Crippen LogP contribution in [0.25, 0.3) is 0 Å². The van der Waals surface area contributed by atoms with Crippen LogP contribution in [0, 0.1) is 0 Å². The van der Waals surface area contributed by atoms with Crippen molar-refractivity contribution in [2.75, 3.05) is 18.5 Å². The van der Waals surface area contributed by atoms with Crippen LogP contribution in [0.4, 0.5) is 5.69 Å². The standard InChI is InChI=1S/C22H25NO5/c1-15(2)28-22(25)17-5-9-18(10-6-17)23-21(24)16-7-11-19(12-8-16)27-14-20-4-3-13-26-20/h5-12,15,20H,3-4,13-14H2,1-2H3,(H,23,24). The van der Waals surface area contributed by atoms with Crippen molar-refractivity contribution in [3.05, 3.63) is 59.7 Å². The first-order chi connectivity index (χ1) is 13.5. The van der Waals surface area contributed by atoms with Crippen molar-refractivity contribution in [3.8, 4) is 5.75 Å². The van der Waals surface area contributed by atoms with E-state index in [-0.39, 0.29) is 24.1 Å². The lowest BCUT2D eigenvalue weighted by molar-refractivity contribution is 0.0378. The van der Waals surface area contributed by atoms with Gasteiger partial charge in [0.1, 0.15) is 12.4 Å². The van der Waals surface area contributed by atoms with E-state index in [4.69, 9.17) is 14.2 Å². The SMILES string of the molecule is CC(C)OC(=O)c1ccc(NC(=O)c2ccc(OCC3CCCO3)cc2)cc1. The molecule has 6 nitrogen and oxygen atoms in total. The summed E-state index contributed by atoms with van der Waals surface area (Å²) in [6.07, 6.45) is 2.08. The number of nitrogens with one attached hydrogen (secondary N) is 1. The Kier molecular flexibility index (Phi) is 6.66. The van der Waals surface area contributed by atoms with Gasteiger partial charge >= 0.3 is 5.97 Å². The second kappa shape index (κ2) is 9.37. The summed E-state index contributed by atoms with van der Waals surface area (Å²) >= 11 is 0. The lowest BCUT2D eigenvalue weighted by Gasteiger charge is -2.12. The van der Waals surface area contributed by atoms with E-state index in [1.54, 1.807) is 62.4 Å². The number of rotatable bonds is 7. The molecule has 1 atom stereocenters. The van der Waals surface area contributed by atoms with Gasteiger partial charge in [0.2, 0.25) is 0 Å². The molecule has 2 aromatic rings. The largest absolute Gasteiger partial charge is 0.491 e. The number of carbonyl (C=O) groups excluding carboxylic acids is 2. The van der Waals surface area contributed by atoms with Crippen LogP contribution in [0.3, 0.4) is 0 Å². The van der Waals surface area contributed by atoms with E-state index < -0.39 is 0 Å². The number of amides is 1. The highest BCUT2D eigenvalue weighted by Crippen LogP contribution is 2.18. The van der Waals surface area contributed by atoms with Gasteiger partial charge < -0.3 is 19.5 Å². The van der Waals surface area contributed by atoms with E-state index in [0.717, 1.165) is 19.4 Å². The van der Waals surface area contributed by atoms with Crippen molar-refractivity contribution >= 4 is 17.6 Å². The van der Waals surface area contributed by atoms with Crippen LogP contribution in [0.2, 0.25) is 0 Å². The quantitative estimate of drug-likeness (QED) is 0.730. The van der Waals surface area contributed by atoms with Gasteiger partial charge in [0, 0.05) is 17.9 Å². The van der Waals surface area contributed by atoms with Crippen molar-refractivity contribution in [1.29, 1.82) is 0 Å². The van der Waals surface area contributed by atoms with E-state index in [1.165, 1.54) is 0 Å². The van der Waals surface area contributed by atoms with Crippen LogP contribution in [-0.2, 0) is 9.47 Å². The van der Waals surface area contributed by atoms with Gasteiger partial charge in [-0.3, -0.25) is 4.79 Å². The lowest BCUT2D eigenvalue weighted by atomic mass is 10.1. The fourth-order valence-corrected chi connectivity index (χ4v) is 2.84. The Labute approximate surface area is 164 Å². The Hall–Kier alpha value is -2.86. The molecule has 2 aromatic carbocycles. The first-order valence-corrected chi connectivity index (χ1v) is 9.48. The highest BCUT2D eigenvalue weighted by Gasteiger charge is 2.16. The number of ether oxygens (including phenoxy) is 3. The third-order valence-corrected chi connectivity index (χ3v) is 4.30. The van der Waals surface area contributed by atoms with Gasteiger partial charge in [-0.15, -0.1) is 0 Å². The molecule has 0 aliphatic carbocycles. The predicted octanol–water partition coefficient (Wildman–Crippen LogP) is 4.06. The minimum Gasteiger partial charge on any atom is -0.491 e. The average Bonchev–Trinajstić information content (AvgIpc) is 3.20. The Morgan fingerprint density at radius 1 is 1.07 bits per heavy atom. The Bertz CT molecular complexity index is 793. The first kappa shape index (κ1) is 19.9. The summed E-state index contributed by atoms with van der Waals surface area (Å²) in [6, 6.07) is 13.6. The highest BCUT2D eigenvalue weighted by atomic mass is 16.5. The van der Waals surface area contributed by atoms with Crippen LogP contribution < -0.4 is 10.1 Å². The van der Waals surface area contributed by atoms with E-state index >= 15 is 0 Å². The molecule has 0 spiro atoms. The van der Waals surface area contributed by atoms with Crippen LogP contribution in [0.15, 0.2) is 48.5 Å². The number of carbonyl (C=O) groups is 2. The predicted molar refractivity (Wildman–Crippen MR) is 106 cm³/mol. The van der Waals surface area contributed by atoms with E-state index in [0.29, 0.717) is 29.2 Å². The summed E-state index contributed by atoms with van der Waals surface area (Å²) in [4.78, 5) is 24.2. The number of hydrogen-bond donors (Lipinski definition) is 1. The summed E-state index contributed by atoms with van der Waals surface area (Å²) in [5.74, 6) is 0.0923. The molecular formula is C22H25NO5. The third-order valence-electron chi connectivity index (χ3n) is 4.30. The highest BCUT2D eigenvalue weighted by molar-refractivity contribution is 6.04. The Morgan fingerprint density at radius 3 is 2.36 bits per heavy atom. The molecule has 1 N–H and O–H groups in total. The topological polar surface area (TPSA) is 73.9 Å². The molecule has 1 amide bonds. The molecular weight excluding hydrogens is 358 g/mol. The molecule has 1 aliphatic rings. The van der Waals surface area contributed by atoms with Crippen LogP contribution in [0.5, 0.6) is 5.75 Å². The maximum absolute atomic E-state index is 12.4. The van der Waals surface area contributed by atoms with Crippen LogP contribution >= 0.6 is 0 Å². The van der Waals surface area contributed by atoms with Gasteiger partial charge in [0.05, 0.1) is 17.8 Å². The third kappa shape index (κ3) is 5.57. The molecule has 1 unspecified atom stereocenters. The van der Waals surface area contributed by atoms with Gasteiger partial charge in [-0.1, -0.05) is 0 Å². The average molecular weight is 383 g/mol. The van der Waals surface area contributed by atoms with Crippen molar-refractivity contribution in [2.45, 2.75) is 38.9 Å². The number of esters is 1. The fourth-order valence-electron chi connectivity index (χ4n) is 2.84.